The average molecular weight is 308 g/mol. The highest BCUT2D eigenvalue weighted by Crippen LogP contribution is 2.13. The number of nitrogens with one attached hydrogen (secondary N) is 1. The van der Waals surface area contributed by atoms with Crippen molar-refractivity contribution < 1.29 is 13.3 Å². The van der Waals surface area contributed by atoms with Crippen LogP contribution in [0.3, 0.4) is 0 Å². The Morgan fingerprint density at radius 3 is 2.38 bits per heavy atom. The van der Waals surface area contributed by atoms with Gasteiger partial charge in [-0.3, -0.25) is 10.1 Å². The first-order valence-corrected chi connectivity index (χ1v) is 7.31. The minimum atomic E-state index is -3.70. The van der Waals surface area contributed by atoms with Crippen LogP contribution < -0.4 is 10.5 Å². The Morgan fingerprint density at radius 1 is 1.19 bits per heavy atom. The lowest BCUT2D eigenvalue weighted by Gasteiger charge is -2.06. The molecule has 8 nitrogen and oxygen atoms in total. The lowest BCUT2D eigenvalue weighted by Crippen LogP contribution is -2.23. The van der Waals surface area contributed by atoms with Gasteiger partial charge in [-0.2, -0.15) is 0 Å². The zero-order valence-electron chi connectivity index (χ0n) is 10.8. The molecule has 1 aromatic heterocycles. The van der Waals surface area contributed by atoms with Gasteiger partial charge in [0, 0.05) is 24.9 Å². The zero-order valence-corrected chi connectivity index (χ0v) is 11.6. The molecule has 0 radical (unpaired) electrons. The number of aromatic nitrogens is 1. The van der Waals surface area contributed by atoms with Gasteiger partial charge in [-0.15, -0.1) is 0 Å². The molecule has 0 fully saturated rings. The second-order valence-electron chi connectivity index (χ2n) is 4.17. The van der Waals surface area contributed by atoms with Crippen molar-refractivity contribution in [1.82, 2.24) is 9.71 Å². The molecule has 0 amide bonds. The van der Waals surface area contributed by atoms with Gasteiger partial charge in [0.25, 0.3) is 5.69 Å². The third-order valence-corrected chi connectivity index (χ3v) is 4.07. The van der Waals surface area contributed by atoms with Crippen LogP contribution in [0.1, 0.15) is 5.56 Å². The van der Waals surface area contributed by atoms with Gasteiger partial charge in [0.1, 0.15) is 10.7 Å². The van der Waals surface area contributed by atoms with Crippen molar-refractivity contribution in [2.75, 3.05) is 5.73 Å². The summed E-state index contributed by atoms with van der Waals surface area (Å²) in [4.78, 5) is 13.7. The number of hydrogen-bond donors (Lipinski definition) is 2. The van der Waals surface area contributed by atoms with Crippen molar-refractivity contribution in [2.24, 2.45) is 0 Å². The summed E-state index contributed by atoms with van der Waals surface area (Å²) in [6.07, 6.45) is 1.16. The molecule has 3 N–H and O–H groups in total. The molecule has 2 rings (SSSR count). The number of nitrogens with zero attached hydrogens (tertiary/aromatic N) is 2. The molecule has 0 saturated carbocycles. The van der Waals surface area contributed by atoms with Crippen LogP contribution in [0.4, 0.5) is 11.5 Å². The SMILES string of the molecule is Nc1ccc(S(=O)(=O)NCc2ccc([N+](=O)[O-])cc2)cn1. The summed E-state index contributed by atoms with van der Waals surface area (Å²) in [5, 5.41) is 10.5. The molecule has 1 aromatic carbocycles. The van der Waals surface area contributed by atoms with Crippen LogP contribution >= 0.6 is 0 Å². The van der Waals surface area contributed by atoms with E-state index in [0.717, 1.165) is 6.20 Å². The summed E-state index contributed by atoms with van der Waals surface area (Å²) in [5.41, 5.74) is 5.94. The number of nitro benzene ring substituents is 1. The molecule has 0 bridgehead atoms. The van der Waals surface area contributed by atoms with Crippen molar-refractivity contribution >= 4 is 21.5 Å². The molecule has 0 atom stereocenters. The summed E-state index contributed by atoms with van der Waals surface area (Å²) in [7, 11) is -3.70. The molecule has 110 valence electrons. The van der Waals surface area contributed by atoms with E-state index in [4.69, 9.17) is 5.73 Å². The summed E-state index contributed by atoms with van der Waals surface area (Å²) in [6, 6.07) is 8.34. The quantitative estimate of drug-likeness (QED) is 0.627. The molecule has 0 unspecified atom stereocenters. The number of rotatable bonds is 5. The lowest BCUT2D eigenvalue weighted by molar-refractivity contribution is -0.384. The number of sulfonamides is 1. The number of non-ortho nitro benzene ring substituents is 1. The maximum absolute atomic E-state index is 12.0. The van der Waals surface area contributed by atoms with Crippen molar-refractivity contribution in [3.63, 3.8) is 0 Å². The minimum absolute atomic E-state index is 0.00129. The first-order valence-electron chi connectivity index (χ1n) is 5.83. The molecule has 21 heavy (non-hydrogen) atoms. The van der Waals surface area contributed by atoms with Crippen LogP contribution in [0.25, 0.3) is 0 Å². The van der Waals surface area contributed by atoms with Gasteiger partial charge in [-0.1, -0.05) is 12.1 Å². The topological polar surface area (TPSA) is 128 Å². The number of nitrogens with two attached hydrogens (primary N) is 1. The van der Waals surface area contributed by atoms with E-state index in [0.29, 0.717) is 5.56 Å². The van der Waals surface area contributed by atoms with Gasteiger partial charge in [0.05, 0.1) is 4.92 Å². The standard InChI is InChI=1S/C12H12N4O4S/c13-12-6-5-11(8-14-12)21(19,20)15-7-9-1-3-10(4-2-9)16(17)18/h1-6,8,15H,7H2,(H2,13,14). The van der Waals surface area contributed by atoms with Crippen LogP contribution in [0.15, 0.2) is 47.5 Å². The fraction of sp³-hybridized carbons (Fsp3) is 0.0833. The van der Waals surface area contributed by atoms with Gasteiger partial charge in [0.2, 0.25) is 10.0 Å². The third-order valence-electron chi connectivity index (χ3n) is 2.68. The Balaban J connectivity index is 2.08. The summed E-state index contributed by atoms with van der Waals surface area (Å²) in [6.45, 7) is 0.0186. The third kappa shape index (κ3) is 3.74. The molecular weight excluding hydrogens is 296 g/mol. The molecule has 0 aliphatic carbocycles. The molecular formula is C12H12N4O4S. The second-order valence-corrected chi connectivity index (χ2v) is 5.93. The van der Waals surface area contributed by atoms with Crippen LogP contribution in [-0.4, -0.2) is 18.3 Å². The van der Waals surface area contributed by atoms with Gasteiger partial charge in [0.15, 0.2) is 0 Å². The number of nitro groups is 1. The number of anilines is 1. The Bertz CT molecular complexity index is 742. The zero-order chi connectivity index (χ0) is 15.5. The Hall–Kier alpha value is -2.52. The summed E-state index contributed by atoms with van der Waals surface area (Å²) < 4.78 is 26.4. The van der Waals surface area contributed by atoms with Crippen molar-refractivity contribution in [3.8, 4) is 0 Å². The van der Waals surface area contributed by atoms with E-state index >= 15 is 0 Å². The van der Waals surface area contributed by atoms with Crippen molar-refractivity contribution in [1.29, 1.82) is 0 Å². The summed E-state index contributed by atoms with van der Waals surface area (Å²) >= 11 is 0. The van der Waals surface area contributed by atoms with E-state index in [2.05, 4.69) is 9.71 Å². The van der Waals surface area contributed by atoms with E-state index < -0.39 is 14.9 Å². The predicted octanol–water partition coefficient (Wildman–Crippen LogP) is 1.05. The van der Waals surface area contributed by atoms with Crippen LogP contribution in [0, 0.1) is 10.1 Å². The van der Waals surface area contributed by atoms with Gasteiger partial charge in [-0.05, 0) is 17.7 Å². The van der Waals surface area contributed by atoms with Crippen molar-refractivity contribution in [2.45, 2.75) is 11.4 Å². The number of benzene rings is 1. The summed E-state index contributed by atoms with van der Waals surface area (Å²) in [5.74, 6) is 0.226. The highest BCUT2D eigenvalue weighted by Gasteiger charge is 2.14. The van der Waals surface area contributed by atoms with Crippen LogP contribution in [0.5, 0.6) is 0 Å². The molecule has 1 heterocycles. The molecule has 9 heteroatoms. The van der Waals surface area contributed by atoms with Gasteiger partial charge in [-0.25, -0.2) is 18.1 Å². The number of pyridine rings is 1. The van der Waals surface area contributed by atoms with E-state index in [9.17, 15) is 18.5 Å². The second kappa shape index (κ2) is 5.85. The largest absolute Gasteiger partial charge is 0.384 e. The van der Waals surface area contributed by atoms with Gasteiger partial charge < -0.3 is 5.73 Å². The lowest BCUT2D eigenvalue weighted by atomic mass is 10.2. The maximum Gasteiger partial charge on any atom is 0.269 e. The fourth-order valence-electron chi connectivity index (χ4n) is 1.55. The normalized spacial score (nSPS) is 11.2. The molecule has 0 saturated heterocycles. The minimum Gasteiger partial charge on any atom is -0.384 e. The molecule has 0 aliphatic heterocycles. The monoisotopic (exact) mass is 308 g/mol. The number of hydrogen-bond acceptors (Lipinski definition) is 6. The average Bonchev–Trinajstić information content (AvgIpc) is 2.46. The van der Waals surface area contributed by atoms with E-state index in [1.807, 2.05) is 0 Å². The highest BCUT2D eigenvalue weighted by molar-refractivity contribution is 7.89. The van der Waals surface area contributed by atoms with Crippen LogP contribution in [0.2, 0.25) is 0 Å². The van der Waals surface area contributed by atoms with E-state index in [-0.39, 0.29) is 22.9 Å². The van der Waals surface area contributed by atoms with Gasteiger partial charge >= 0.3 is 0 Å². The molecule has 0 aliphatic rings. The maximum atomic E-state index is 12.0. The predicted molar refractivity (Wildman–Crippen MR) is 75.8 cm³/mol. The Kier molecular flexibility index (Phi) is 4.15. The highest BCUT2D eigenvalue weighted by atomic mass is 32.2. The smallest absolute Gasteiger partial charge is 0.269 e. The van der Waals surface area contributed by atoms with Crippen LogP contribution in [-0.2, 0) is 16.6 Å². The van der Waals surface area contributed by atoms with E-state index in [1.165, 1.54) is 36.4 Å². The first-order chi connectivity index (χ1) is 9.88. The fourth-order valence-corrected chi connectivity index (χ4v) is 2.51. The molecule has 0 spiro atoms. The Labute approximate surface area is 120 Å². The first kappa shape index (κ1) is 14.9. The Morgan fingerprint density at radius 2 is 1.86 bits per heavy atom. The molecule has 2 aromatic rings. The van der Waals surface area contributed by atoms with Crippen molar-refractivity contribution in [3.05, 3.63) is 58.3 Å². The number of nitrogen functional groups attached to an aromatic ring is 1. The van der Waals surface area contributed by atoms with E-state index in [1.54, 1.807) is 0 Å².